The molecule has 0 radical (unpaired) electrons. The maximum atomic E-state index is 11.6. The highest BCUT2D eigenvalue weighted by Crippen LogP contribution is 2.31. The van der Waals surface area contributed by atoms with E-state index in [1.54, 1.807) is 30.7 Å². The fraction of sp³-hybridized carbons (Fsp3) is 0.200. The number of carbonyl (C=O) groups is 1. The van der Waals surface area contributed by atoms with Gasteiger partial charge in [-0.05, 0) is 11.6 Å². The Hall–Kier alpha value is -2.14. The first-order valence-corrected chi connectivity index (χ1v) is 7.04. The van der Waals surface area contributed by atoms with Crippen molar-refractivity contribution in [3.05, 3.63) is 47.6 Å². The lowest BCUT2D eigenvalue weighted by atomic mass is 10.1. The maximum Gasteiger partial charge on any atom is 0.337 e. The number of ether oxygens (including phenoxy) is 2. The number of benzene rings is 1. The fourth-order valence-corrected chi connectivity index (χ4v) is 2.64. The number of nitrogens with zero attached hydrogens (tertiary/aromatic N) is 1. The molecule has 0 spiro atoms. The van der Waals surface area contributed by atoms with Crippen molar-refractivity contribution in [1.82, 2.24) is 4.98 Å². The monoisotopic (exact) mass is 287 g/mol. The number of aromatic nitrogens is 1. The molecule has 0 bridgehead atoms. The van der Waals surface area contributed by atoms with Crippen molar-refractivity contribution in [3.63, 3.8) is 0 Å². The van der Waals surface area contributed by atoms with Crippen molar-refractivity contribution >= 4 is 23.1 Å². The molecule has 1 aromatic carbocycles. The molecule has 0 N–H and O–H groups in total. The van der Waals surface area contributed by atoms with Crippen LogP contribution in [-0.4, -0.2) is 16.7 Å². The van der Waals surface area contributed by atoms with Gasteiger partial charge in [-0.15, -0.1) is 11.3 Å². The average Bonchev–Trinajstić information content (AvgIpc) is 2.90. The highest BCUT2D eigenvalue weighted by atomic mass is 32.1. The summed E-state index contributed by atoms with van der Waals surface area (Å²) in [5, 5.41) is 0. The number of cyclic esters (lactones) is 1. The van der Waals surface area contributed by atoms with Crippen LogP contribution in [0.25, 0.3) is 16.2 Å². The van der Waals surface area contributed by atoms with Gasteiger partial charge in [-0.2, -0.15) is 0 Å². The Morgan fingerprint density at radius 1 is 1.20 bits per heavy atom. The number of hydrogen-bond donors (Lipinski definition) is 0. The molecule has 2 aromatic rings. The van der Waals surface area contributed by atoms with Gasteiger partial charge in [0.25, 0.3) is 0 Å². The standard InChI is InChI=1S/C15H13NO3S/c1-15(2)18-12(7-14(17)19-15)10-4-3-5-11(6-10)13-8-16-9-20-13/h3-9H,1-2H3. The van der Waals surface area contributed by atoms with Crippen LogP contribution in [0.5, 0.6) is 0 Å². The minimum atomic E-state index is -0.943. The Labute approximate surface area is 120 Å². The summed E-state index contributed by atoms with van der Waals surface area (Å²) >= 11 is 1.57. The number of carbonyl (C=O) groups excluding carboxylic acids is 1. The van der Waals surface area contributed by atoms with E-state index in [1.807, 2.05) is 30.5 Å². The normalized spacial score (nSPS) is 17.1. The molecule has 4 nitrogen and oxygen atoms in total. The Bertz CT molecular complexity index is 674. The van der Waals surface area contributed by atoms with Gasteiger partial charge in [0.1, 0.15) is 5.76 Å². The second-order valence-electron chi connectivity index (χ2n) is 4.88. The first-order chi connectivity index (χ1) is 9.53. The number of esters is 1. The number of rotatable bonds is 2. The zero-order valence-electron chi connectivity index (χ0n) is 11.1. The zero-order chi connectivity index (χ0) is 14.2. The van der Waals surface area contributed by atoms with E-state index < -0.39 is 5.79 Å². The van der Waals surface area contributed by atoms with E-state index in [-0.39, 0.29) is 5.97 Å². The first kappa shape index (κ1) is 12.9. The van der Waals surface area contributed by atoms with Crippen LogP contribution < -0.4 is 0 Å². The molecule has 0 amide bonds. The number of hydrogen-bond acceptors (Lipinski definition) is 5. The van der Waals surface area contributed by atoms with E-state index >= 15 is 0 Å². The fourth-order valence-electron chi connectivity index (χ4n) is 2.02. The zero-order valence-corrected chi connectivity index (χ0v) is 11.9. The van der Waals surface area contributed by atoms with Gasteiger partial charge >= 0.3 is 5.97 Å². The van der Waals surface area contributed by atoms with Crippen molar-refractivity contribution < 1.29 is 14.3 Å². The molecule has 1 aliphatic rings. The van der Waals surface area contributed by atoms with E-state index in [2.05, 4.69) is 4.98 Å². The molecule has 1 aliphatic heterocycles. The molecule has 20 heavy (non-hydrogen) atoms. The second kappa shape index (κ2) is 4.76. The quantitative estimate of drug-likeness (QED) is 0.794. The molecule has 2 heterocycles. The summed E-state index contributed by atoms with van der Waals surface area (Å²) in [7, 11) is 0. The van der Waals surface area contributed by atoms with Crippen molar-refractivity contribution in [2.45, 2.75) is 19.6 Å². The highest BCUT2D eigenvalue weighted by Gasteiger charge is 2.30. The molecular formula is C15H13NO3S. The van der Waals surface area contributed by atoms with Crippen molar-refractivity contribution in [2.24, 2.45) is 0 Å². The first-order valence-electron chi connectivity index (χ1n) is 6.16. The smallest absolute Gasteiger partial charge is 0.337 e. The van der Waals surface area contributed by atoms with Crippen LogP contribution in [-0.2, 0) is 14.3 Å². The summed E-state index contributed by atoms with van der Waals surface area (Å²) in [5.74, 6) is -0.807. The van der Waals surface area contributed by atoms with E-state index in [0.717, 1.165) is 16.0 Å². The molecule has 0 saturated carbocycles. The molecule has 1 aromatic heterocycles. The summed E-state index contributed by atoms with van der Waals surface area (Å²) in [4.78, 5) is 16.7. The van der Waals surface area contributed by atoms with E-state index in [0.29, 0.717) is 5.76 Å². The topological polar surface area (TPSA) is 48.4 Å². The third-order valence-electron chi connectivity index (χ3n) is 2.82. The predicted octanol–water partition coefficient (Wildman–Crippen LogP) is 3.46. The van der Waals surface area contributed by atoms with Gasteiger partial charge in [-0.1, -0.05) is 18.2 Å². The molecule has 102 valence electrons. The average molecular weight is 287 g/mol. The Morgan fingerprint density at radius 2 is 2.00 bits per heavy atom. The summed E-state index contributed by atoms with van der Waals surface area (Å²) in [5.41, 5.74) is 3.69. The van der Waals surface area contributed by atoms with Crippen LogP contribution >= 0.6 is 11.3 Å². The molecule has 0 aliphatic carbocycles. The lowest BCUT2D eigenvalue weighted by Crippen LogP contribution is -2.33. The lowest BCUT2D eigenvalue weighted by Gasteiger charge is -2.30. The maximum absolute atomic E-state index is 11.6. The number of thiazole rings is 1. The predicted molar refractivity (Wildman–Crippen MR) is 76.8 cm³/mol. The van der Waals surface area contributed by atoms with Crippen LogP contribution in [0, 0.1) is 0 Å². The molecule has 0 fully saturated rings. The molecule has 0 unspecified atom stereocenters. The van der Waals surface area contributed by atoms with E-state index in [9.17, 15) is 4.79 Å². The van der Waals surface area contributed by atoms with Gasteiger partial charge in [0.05, 0.1) is 16.5 Å². The third kappa shape index (κ3) is 2.58. The van der Waals surface area contributed by atoms with Gasteiger partial charge in [0.2, 0.25) is 5.79 Å². The molecule has 5 heteroatoms. The third-order valence-corrected chi connectivity index (χ3v) is 3.64. The Morgan fingerprint density at radius 3 is 2.70 bits per heavy atom. The van der Waals surface area contributed by atoms with Crippen molar-refractivity contribution in [2.75, 3.05) is 0 Å². The SMILES string of the molecule is CC1(C)OC(=O)C=C(c2cccc(-c3cncs3)c2)O1. The highest BCUT2D eigenvalue weighted by molar-refractivity contribution is 7.13. The summed E-state index contributed by atoms with van der Waals surface area (Å²) in [6, 6.07) is 7.82. The molecule has 3 rings (SSSR count). The van der Waals surface area contributed by atoms with Crippen LogP contribution in [0.4, 0.5) is 0 Å². The van der Waals surface area contributed by atoms with E-state index in [4.69, 9.17) is 9.47 Å². The van der Waals surface area contributed by atoms with E-state index in [1.165, 1.54) is 6.08 Å². The van der Waals surface area contributed by atoms with Gasteiger partial charge in [0, 0.05) is 25.6 Å². The van der Waals surface area contributed by atoms with Crippen molar-refractivity contribution in [1.29, 1.82) is 0 Å². The summed E-state index contributed by atoms with van der Waals surface area (Å²) in [6.07, 6.45) is 3.19. The minimum absolute atomic E-state index is 0.389. The van der Waals surface area contributed by atoms with Gasteiger partial charge in [-0.3, -0.25) is 4.98 Å². The lowest BCUT2D eigenvalue weighted by molar-refractivity contribution is -0.193. The minimum Gasteiger partial charge on any atom is -0.452 e. The Balaban J connectivity index is 1.99. The largest absolute Gasteiger partial charge is 0.452 e. The van der Waals surface area contributed by atoms with Crippen LogP contribution in [0.2, 0.25) is 0 Å². The van der Waals surface area contributed by atoms with Gasteiger partial charge in [0.15, 0.2) is 0 Å². The summed E-state index contributed by atoms with van der Waals surface area (Å²) < 4.78 is 10.8. The molecule has 0 atom stereocenters. The molecule has 0 saturated heterocycles. The summed E-state index contributed by atoms with van der Waals surface area (Å²) in [6.45, 7) is 3.43. The van der Waals surface area contributed by atoms with Crippen molar-refractivity contribution in [3.8, 4) is 10.4 Å². The second-order valence-corrected chi connectivity index (χ2v) is 5.76. The molecular weight excluding hydrogens is 274 g/mol. The Kier molecular flexibility index (Phi) is 3.06. The van der Waals surface area contributed by atoms with Crippen LogP contribution in [0.15, 0.2) is 42.0 Å². The van der Waals surface area contributed by atoms with Crippen LogP contribution in [0.3, 0.4) is 0 Å². The van der Waals surface area contributed by atoms with Gasteiger partial charge < -0.3 is 9.47 Å². The van der Waals surface area contributed by atoms with Gasteiger partial charge in [-0.25, -0.2) is 4.79 Å². The van der Waals surface area contributed by atoms with Crippen LogP contribution in [0.1, 0.15) is 19.4 Å².